The molecule has 0 saturated carbocycles. The predicted molar refractivity (Wildman–Crippen MR) is 125 cm³/mol. The highest BCUT2D eigenvalue weighted by Gasteiger charge is 2.25. The van der Waals surface area contributed by atoms with Gasteiger partial charge >= 0.3 is 0 Å². The van der Waals surface area contributed by atoms with Crippen LogP contribution in [0.2, 0.25) is 10.0 Å². The van der Waals surface area contributed by atoms with Crippen LogP contribution in [0.15, 0.2) is 36.4 Å². The van der Waals surface area contributed by atoms with Crippen molar-refractivity contribution in [3.05, 3.63) is 57.6 Å². The maximum Gasteiger partial charge on any atom is 0.217 e. The Morgan fingerprint density at radius 2 is 1.61 bits per heavy atom. The van der Waals surface area contributed by atoms with Gasteiger partial charge in [0.05, 0.1) is 23.2 Å². The van der Waals surface area contributed by atoms with Crippen molar-refractivity contribution in [2.45, 2.75) is 32.6 Å². The quantitative estimate of drug-likeness (QED) is 0.341. The molecule has 0 heterocycles. The lowest BCUT2D eigenvalue weighted by Crippen LogP contribution is -2.30. The lowest BCUT2D eigenvalue weighted by molar-refractivity contribution is -0.124. The second-order valence-electron chi connectivity index (χ2n) is 7.55. The van der Waals surface area contributed by atoms with E-state index in [2.05, 4.69) is 19.2 Å². The number of hydrogen-bond acceptors (Lipinski definition) is 4. The predicted octanol–water partition coefficient (Wildman–Crippen LogP) is 5.41. The molecule has 0 saturated heterocycles. The number of amides is 1. The van der Waals surface area contributed by atoms with Gasteiger partial charge in [-0.3, -0.25) is 9.59 Å². The molecule has 0 aliphatic heterocycles. The van der Waals surface area contributed by atoms with Crippen molar-refractivity contribution >= 4 is 46.5 Å². The van der Waals surface area contributed by atoms with Gasteiger partial charge in [-0.05, 0) is 41.8 Å². The molecule has 2 aromatic carbocycles. The lowest BCUT2D eigenvalue weighted by Gasteiger charge is -2.27. The molecule has 0 radical (unpaired) electrons. The maximum atomic E-state index is 11.7. The van der Waals surface area contributed by atoms with Crippen LogP contribution in [0.1, 0.15) is 38.3 Å². The van der Waals surface area contributed by atoms with Crippen LogP contribution in [-0.2, 0) is 15.0 Å². The number of carbonyl (C=O) groups is 2. The highest BCUT2D eigenvalue weighted by molar-refractivity contribution is 6.37. The minimum Gasteiger partial charge on any atom is -0.490 e. The molecule has 0 fully saturated rings. The number of rotatable bonds is 11. The van der Waals surface area contributed by atoms with E-state index in [4.69, 9.17) is 44.3 Å². The molecule has 31 heavy (non-hydrogen) atoms. The second-order valence-corrected chi connectivity index (χ2v) is 8.74. The molecule has 0 spiro atoms. The molecular weight excluding hydrogens is 461 g/mol. The number of hydrogen-bond donors (Lipinski definition) is 1. The van der Waals surface area contributed by atoms with Crippen LogP contribution in [0.25, 0.3) is 0 Å². The molecule has 5 nitrogen and oxygen atoms in total. The fourth-order valence-electron chi connectivity index (χ4n) is 2.86. The van der Waals surface area contributed by atoms with Gasteiger partial charge < -0.3 is 14.8 Å². The first kappa shape index (κ1) is 25.3. The summed E-state index contributed by atoms with van der Waals surface area (Å²) in [5, 5.41) is 3.35. The summed E-state index contributed by atoms with van der Waals surface area (Å²) in [4.78, 5) is 22.6. The van der Waals surface area contributed by atoms with Crippen molar-refractivity contribution in [2.75, 3.05) is 25.6 Å². The summed E-state index contributed by atoms with van der Waals surface area (Å²) in [5.74, 6) is 1.06. The first-order valence-corrected chi connectivity index (χ1v) is 11.1. The number of nitrogens with one attached hydrogen (secondary N) is 1. The zero-order valence-corrected chi connectivity index (χ0v) is 20.0. The SMILES string of the molecule is CC(=O)NCC(=O)COc1ccc(C(C)(C)c2cc(Cl)c(OCCCCl)c(Cl)c2)cc1. The number of carbonyl (C=O) groups excluding carboxylic acids is 2. The van der Waals surface area contributed by atoms with Crippen molar-refractivity contribution in [2.24, 2.45) is 0 Å². The minimum atomic E-state index is -0.387. The Morgan fingerprint density at radius 3 is 2.16 bits per heavy atom. The summed E-state index contributed by atoms with van der Waals surface area (Å²) < 4.78 is 11.2. The van der Waals surface area contributed by atoms with E-state index < -0.39 is 0 Å². The van der Waals surface area contributed by atoms with E-state index in [1.54, 1.807) is 12.1 Å². The van der Waals surface area contributed by atoms with Gasteiger partial charge in [-0.1, -0.05) is 49.2 Å². The van der Waals surface area contributed by atoms with Gasteiger partial charge in [-0.15, -0.1) is 11.6 Å². The third-order valence-electron chi connectivity index (χ3n) is 4.75. The summed E-state index contributed by atoms with van der Waals surface area (Å²) in [5.41, 5.74) is 1.57. The van der Waals surface area contributed by atoms with Crippen molar-refractivity contribution in [1.82, 2.24) is 5.32 Å². The van der Waals surface area contributed by atoms with Crippen LogP contribution in [-0.4, -0.2) is 37.3 Å². The first-order valence-electron chi connectivity index (χ1n) is 9.83. The third kappa shape index (κ3) is 7.30. The highest BCUT2D eigenvalue weighted by Crippen LogP contribution is 2.40. The highest BCUT2D eigenvalue weighted by atomic mass is 35.5. The topological polar surface area (TPSA) is 64.6 Å². The zero-order valence-electron chi connectivity index (χ0n) is 17.8. The molecule has 0 bridgehead atoms. The van der Waals surface area contributed by atoms with Gasteiger partial charge in [-0.25, -0.2) is 0 Å². The van der Waals surface area contributed by atoms with E-state index in [-0.39, 0.29) is 30.3 Å². The van der Waals surface area contributed by atoms with Crippen LogP contribution >= 0.6 is 34.8 Å². The van der Waals surface area contributed by atoms with Crippen LogP contribution in [0.4, 0.5) is 0 Å². The summed E-state index contributed by atoms with van der Waals surface area (Å²) in [7, 11) is 0. The summed E-state index contributed by atoms with van der Waals surface area (Å²) >= 11 is 18.5. The Balaban J connectivity index is 2.09. The fourth-order valence-corrected chi connectivity index (χ4v) is 3.57. The van der Waals surface area contributed by atoms with E-state index in [9.17, 15) is 9.59 Å². The van der Waals surface area contributed by atoms with E-state index >= 15 is 0 Å². The molecule has 0 unspecified atom stereocenters. The molecule has 0 atom stereocenters. The molecule has 168 valence electrons. The van der Waals surface area contributed by atoms with E-state index in [0.29, 0.717) is 40.5 Å². The Labute approximate surface area is 198 Å². The number of ketones is 1. The molecule has 2 aromatic rings. The molecular formula is C23H26Cl3NO4. The summed E-state index contributed by atoms with van der Waals surface area (Å²) in [6, 6.07) is 11.2. The molecule has 1 amide bonds. The van der Waals surface area contributed by atoms with E-state index in [0.717, 1.165) is 11.1 Å². The Bertz CT molecular complexity index is 891. The molecule has 0 aliphatic rings. The molecule has 2 rings (SSSR count). The smallest absolute Gasteiger partial charge is 0.217 e. The van der Waals surface area contributed by atoms with Crippen LogP contribution in [0, 0.1) is 0 Å². The van der Waals surface area contributed by atoms with E-state index in [1.807, 2.05) is 24.3 Å². The molecule has 0 aromatic heterocycles. The normalized spacial score (nSPS) is 11.2. The average molecular weight is 487 g/mol. The van der Waals surface area contributed by atoms with Crippen LogP contribution in [0.3, 0.4) is 0 Å². The zero-order chi connectivity index (χ0) is 23.0. The standard InChI is InChI=1S/C23H26Cl3NO4/c1-15(28)27-13-18(29)14-31-19-7-5-16(6-8-19)23(2,3)17-11-20(25)22(21(26)12-17)30-10-4-9-24/h5-8,11-12H,4,9-10,13-14H2,1-3H3,(H,27,28). The Kier molecular flexibility index (Phi) is 9.48. The number of halogens is 3. The van der Waals surface area contributed by atoms with Crippen molar-refractivity contribution in [3.8, 4) is 11.5 Å². The van der Waals surface area contributed by atoms with Crippen molar-refractivity contribution in [1.29, 1.82) is 0 Å². The molecule has 0 aliphatic carbocycles. The number of benzene rings is 2. The lowest BCUT2D eigenvalue weighted by atomic mass is 9.78. The largest absolute Gasteiger partial charge is 0.490 e. The molecule has 1 N–H and O–H groups in total. The number of Topliss-reactive ketones (excluding diaryl/α,β-unsaturated/α-hetero) is 1. The van der Waals surface area contributed by atoms with Crippen LogP contribution in [0.5, 0.6) is 11.5 Å². The second kappa shape index (κ2) is 11.6. The van der Waals surface area contributed by atoms with Gasteiger partial charge in [0, 0.05) is 18.2 Å². The van der Waals surface area contributed by atoms with Crippen molar-refractivity contribution in [3.63, 3.8) is 0 Å². The number of ether oxygens (including phenoxy) is 2. The van der Waals surface area contributed by atoms with Gasteiger partial charge in [0.1, 0.15) is 12.4 Å². The number of alkyl halides is 1. The Hall–Kier alpha value is -1.95. The third-order valence-corrected chi connectivity index (χ3v) is 5.58. The fraction of sp³-hybridized carbons (Fsp3) is 0.391. The van der Waals surface area contributed by atoms with Crippen molar-refractivity contribution < 1.29 is 19.1 Å². The van der Waals surface area contributed by atoms with Gasteiger partial charge in [-0.2, -0.15) is 0 Å². The monoisotopic (exact) mass is 485 g/mol. The first-order chi connectivity index (χ1) is 14.6. The van der Waals surface area contributed by atoms with Gasteiger partial charge in [0.2, 0.25) is 5.91 Å². The van der Waals surface area contributed by atoms with Gasteiger partial charge in [0.15, 0.2) is 11.5 Å². The average Bonchev–Trinajstić information content (AvgIpc) is 2.72. The molecule has 8 heteroatoms. The summed E-state index contributed by atoms with van der Waals surface area (Å²) in [6.45, 7) is 5.77. The van der Waals surface area contributed by atoms with Crippen LogP contribution < -0.4 is 14.8 Å². The van der Waals surface area contributed by atoms with E-state index in [1.165, 1.54) is 6.92 Å². The maximum absolute atomic E-state index is 11.7. The van der Waals surface area contributed by atoms with Gasteiger partial charge in [0.25, 0.3) is 0 Å². The Morgan fingerprint density at radius 1 is 1.00 bits per heavy atom. The minimum absolute atomic E-state index is 0.0481. The summed E-state index contributed by atoms with van der Waals surface area (Å²) in [6.07, 6.45) is 0.703.